The van der Waals surface area contributed by atoms with Gasteiger partial charge in [0.05, 0.1) is 6.61 Å². The van der Waals surface area contributed by atoms with Crippen LogP contribution in [0.25, 0.3) is 11.2 Å². The summed E-state index contributed by atoms with van der Waals surface area (Å²) in [5.74, 6) is -2.49. The van der Waals surface area contributed by atoms with Crippen LogP contribution in [0.3, 0.4) is 0 Å². The number of aromatic nitrogens is 4. The summed E-state index contributed by atoms with van der Waals surface area (Å²) in [7, 11) is 0. The Morgan fingerprint density at radius 2 is 2.03 bits per heavy atom. The number of hydrogen-bond donors (Lipinski definition) is 7. The van der Waals surface area contributed by atoms with E-state index in [1.54, 1.807) is 13.8 Å². The van der Waals surface area contributed by atoms with Gasteiger partial charge in [0.15, 0.2) is 11.5 Å². The Bertz CT molecular complexity index is 951. The fourth-order valence-electron chi connectivity index (χ4n) is 3.33. The van der Waals surface area contributed by atoms with Crippen LogP contribution in [-0.4, -0.2) is 82.8 Å². The van der Waals surface area contributed by atoms with Crippen molar-refractivity contribution >= 4 is 28.8 Å². The number of carbonyl (C=O) groups is 2. The van der Waals surface area contributed by atoms with Crippen molar-refractivity contribution in [2.24, 2.45) is 5.92 Å². The van der Waals surface area contributed by atoms with E-state index in [2.05, 4.69) is 20.3 Å². The first-order chi connectivity index (χ1) is 14.2. The second-order valence-corrected chi connectivity index (χ2v) is 7.19. The molecular formula is C16H23N7O7. The Balaban J connectivity index is 2.11. The number of rotatable bonds is 6. The molecule has 0 aliphatic carbocycles. The molecule has 30 heavy (non-hydrogen) atoms. The lowest BCUT2D eigenvalue weighted by atomic mass is 10.00. The van der Waals surface area contributed by atoms with Crippen LogP contribution in [0.1, 0.15) is 13.8 Å². The number of nitrogen functional groups attached to an aromatic ring is 1. The minimum Gasteiger partial charge on any atom is -0.394 e. The SMILES string of the molecule is CC(C)[C@H](NO)C(=O)NC(=O)[C@@]1(n2cnc3c(N)ncnc32)O[C@H](CO)[C@@H](O)[C@H]1O. The second-order valence-electron chi connectivity index (χ2n) is 7.19. The third-order valence-corrected chi connectivity index (χ3v) is 4.99. The number of aliphatic hydroxyl groups is 3. The van der Waals surface area contributed by atoms with Crippen LogP contribution in [0.5, 0.6) is 0 Å². The van der Waals surface area contributed by atoms with Crippen molar-refractivity contribution in [3.8, 4) is 0 Å². The van der Waals surface area contributed by atoms with Crippen LogP contribution in [0, 0.1) is 5.92 Å². The van der Waals surface area contributed by atoms with Crippen molar-refractivity contribution in [3.63, 3.8) is 0 Å². The number of carbonyl (C=O) groups excluding carboxylic acids is 2. The molecule has 0 aromatic carbocycles. The quantitative estimate of drug-likeness (QED) is 0.228. The zero-order chi connectivity index (χ0) is 22.2. The van der Waals surface area contributed by atoms with Crippen LogP contribution < -0.4 is 16.5 Å². The lowest BCUT2D eigenvalue weighted by Crippen LogP contribution is -2.60. The smallest absolute Gasteiger partial charge is 0.283 e. The van der Waals surface area contributed by atoms with E-state index in [1.807, 2.05) is 5.48 Å². The van der Waals surface area contributed by atoms with E-state index in [9.17, 15) is 30.1 Å². The lowest BCUT2D eigenvalue weighted by molar-refractivity contribution is -0.177. The molecule has 2 amide bonds. The molecule has 0 radical (unpaired) electrons. The molecule has 0 saturated carbocycles. The predicted molar refractivity (Wildman–Crippen MR) is 98.4 cm³/mol. The summed E-state index contributed by atoms with van der Waals surface area (Å²) in [6.45, 7) is 2.53. The first-order valence-corrected chi connectivity index (χ1v) is 9.02. The van der Waals surface area contributed by atoms with Crippen molar-refractivity contribution in [2.75, 3.05) is 12.3 Å². The van der Waals surface area contributed by atoms with Gasteiger partial charge in [-0.3, -0.25) is 19.5 Å². The van der Waals surface area contributed by atoms with Gasteiger partial charge >= 0.3 is 0 Å². The number of imidazole rings is 1. The molecule has 0 spiro atoms. The molecule has 1 saturated heterocycles. The number of ether oxygens (including phenoxy) is 1. The van der Waals surface area contributed by atoms with Gasteiger partial charge in [0.2, 0.25) is 5.91 Å². The molecule has 3 heterocycles. The zero-order valence-corrected chi connectivity index (χ0v) is 16.1. The largest absolute Gasteiger partial charge is 0.394 e. The van der Waals surface area contributed by atoms with Gasteiger partial charge in [0, 0.05) is 0 Å². The van der Waals surface area contributed by atoms with E-state index < -0.39 is 54.4 Å². The van der Waals surface area contributed by atoms with Gasteiger partial charge < -0.3 is 31.0 Å². The van der Waals surface area contributed by atoms with Gasteiger partial charge in [0.25, 0.3) is 11.6 Å². The maximum absolute atomic E-state index is 13.2. The molecule has 2 aromatic rings. The molecule has 1 aliphatic rings. The number of nitrogens with two attached hydrogens (primary N) is 1. The standard InChI is InChI=1S/C16H23N7O7/c1-6(2)8(22-29)14(27)21-15(28)16(11(26)10(25)7(3-24)30-16)23-5-20-9-12(17)18-4-19-13(9)23/h4-8,10-11,22,24-26,29H,3H2,1-2H3,(H2,17,18,19)(H,21,27,28)/t7-,8+,10-,11-,16+/m1/s1. The Hall–Kier alpha value is -2.75. The zero-order valence-electron chi connectivity index (χ0n) is 16.1. The number of hydrogen-bond acceptors (Lipinski definition) is 12. The summed E-state index contributed by atoms with van der Waals surface area (Å²) in [6, 6.07) is -1.15. The first kappa shape index (κ1) is 21.9. The van der Waals surface area contributed by atoms with E-state index >= 15 is 0 Å². The van der Waals surface area contributed by atoms with Gasteiger partial charge in [-0.2, -0.15) is 5.48 Å². The van der Waals surface area contributed by atoms with E-state index in [4.69, 9.17) is 10.5 Å². The number of fused-ring (bicyclic) bond motifs is 1. The van der Waals surface area contributed by atoms with Crippen LogP contribution in [0.2, 0.25) is 0 Å². The summed E-state index contributed by atoms with van der Waals surface area (Å²) >= 11 is 0. The highest BCUT2D eigenvalue weighted by Crippen LogP contribution is 2.38. The maximum atomic E-state index is 13.2. The van der Waals surface area contributed by atoms with Gasteiger partial charge in [-0.15, -0.1) is 0 Å². The Kier molecular flexibility index (Phi) is 5.98. The number of hydroxylamine groups is 1. The minimum absolute atomic E-state index is 0.0125. The molecule has 2 aromatic heterocycles. The normalized spacial score (nSPS) is 27.5. The molecule has 5 atom stereocenters. The third kappa shape index (κ3) is 3.28. The molecule has 3 rings (SSSR count). The van der Waals surface area contributed by atoms with Crippen LogP contribution in [0.4, 0.5) is 5.82 Å². The fourth-order valence-corrected chi connectivity index (χ4v) is 3.33. The Labute approximate surface area is 169 Å². The fraction of sp³-hybridized carbons (Fsp3) is 0.562. The maximum Gasteiger partial charge on any atom is 0.283 e. The third-order valence-electron chi connectivity index (χ3n) is 4.99. The molecule has 0 bridgehead atoms. The highest BCUT2D eigenvalue weighted by Gasteiger charge is 2.61. The summed E-state index contributed by atoms with van der Waals surface area (Å²) in [6.07, 6.45) is -2.77. The average Bonchev–Trinajstić information content (AvgIpc) is 3.24. The van der Waals surface area contributed by atoms with Crippen molar-refractivity contribution < 1.29 is 34.9 Å². The van der Waals surface area contributed by atoms with Crippen molar-refractivity contribution in [2.45, 2.75) is 43.9 Å². The number of nitrogens with one attached hydrogen (secondary N) is 2. The van der Waals surface area contributed by atoms with Gasteiger partial charge in [-0.25, -0.2) is 15.0 Å². The monoisotopic (exact) mass is 425 g/mol. The molecule has 14 heteroatoms. The van der Waals surface area contributed by atoms with E-state index in [0.717, 1.165) is 17.2 Å². The van der Waals surface area contributed by atoms with Crippen LogP contribution in [0.15, 0.2) is 12.7 Å². The average molecular weight is 425 g/mol. The Morgan fingerprint density at radius 1 is 1.33 bits per heavy atom. The van der Waals surface area contributed by atoms with Crippen LogP contribution >= 0.6 is 0 Å². The lowest BCUT2D eigenvalue weighted by Gasteiger charge is -2.32. The van der Waals surface area contributed by atoms with Gasteiger partial charge in [0.1, 0.15) is 42.5 Å². The number of imide groups is 1. The first-order valence-electron chi connectivity index (χ1n) is 9.02. The Morgan fingerprint density at radius 3 is 2.60 bits per heavy atom. The summed E-state index contributed by atoms with van der Waals surface area (Å²) < 4.78 is 6.58. The highest BCUT2D eigenvalue weighted by atomic mass is 16.6. The van der Waals surface area contributed by atoms with E-state index in [-0.39, 0.29) is 17.0 Å². The molecule has 0 unspecified atom stereocenters. The molecule has 14 nitrogen and oxygen atoms in total. The number of aliphatic hydroxyl groups excluding tert-OH is 3. The minimum atomic E-state index is -2.42. The summed E-state index contributed by atoms with van der Waals surface area (Å²) in [4.78, 5) is 37.5. The second kappa shape index (κ2) is 8.17. The highest BCUT2D eigenvalue weighted by molar-refractivity contribution is 6.01. The molecule has 164 valence electrons. The molecule has 1 aliphatic heterocycles. The molecule has 1 fully saturated rings. The van der Waals surface area contributed by atoms with Crippen molar-refractivity contribution in [3.05, 3.63) is 12.7 Å². The van der Waals surface area contributed by atoms with Gasteiger partial charge in [-0.1, -0.05) is 13.8 Å². The summed E-state index contributed by atoms with van der Waals surface area (Å²) in [5, 5.41) is 41.8. The van der Waals surface area contributed by atoms with Crippen molar-refractivity contribution in [1.82, 2.24) is 30.3 Å². The number of amides is 2. The summed E-state index contributed by atoms with van der Waals surface area (Å²) in [5.41, 5.74) is 5.22. The predicted octanol–water partition coefficient (Wildman–Crippen LogP) is -3.18. The molecule has 8 N–H and O–H groups in total. The number of nitrogens with zero attached hydrogens (tertiary/aromatic N) is 4. The van der Waals surface area contributed by atoms with Crippen LogP contribution in [-0.2, 0) is 20.1 Å². The van der Waals surface area contributed by atoms with E-state index in [0.29, 0.717) is 0 Å². The number of anilines is 1. The van der Waals surface area contributed by atoms with Crippen molar-refractivity contribution in [1.29, 1.82) is 0 Å². The molecular weight excluding hydrogens is 402 g/mol. The van der Waals surface area contributed by atoms with E-state index in [1.165, 1.54) is 0 Å². The topological polar surface area (TPSA) is 218 Å². The van der Waals surface area contributed by atoms with Gasteiger partial charge in [-0.05, 0) is 5.92 Å².